The molecule has 0 amide bonds. The standard InChI is InChI=1S/C88H76N2/c1-55(2)77-53-83(89(79-51-69(39-37-57(79)5)85-59(7)25-23-26-60(85)8)81-49-67(63-29-15-11-16-30-63)41-43-71(81)65-33-19-13-20-34-65)75-48-46-74-78(56(3)4)54-84(76-47-45-73(77)87(75)88(74)76)90(80-52-70(40-38-58(80)6)86-61(9)27-24-28-62(86)10)82-50-68(64-31-17-12-18-32-64)42-44-72(82)66-35-21-14-22-36-66/h11-56H,1-10H3. The lowest BCUT2D eigenvalue weighted by Crippen LogP contribution is -2.15. The Balaban J connectivity index is 1.13. The van der Waals surface area contributed by atoms with E-state index in [2.05, 4.69) is 346 Å². The minimum atomic E-state index is 0.187. The molecular weight excluding hydrogens is 1080 g/mol. The smallest absolute Gasteiger partial charge is 0.0546 e. The van der Waals surface area contributed by atoms with Crippen molar-refractivity contribution >= 4 is 66.4 Å². The summed E-state index contributed by atoms with van der Waals surface area (Å²) in [6.45, 7) is 23.1. The lowest BCUT2D eigenvalue weighted by atomic mass is 9.83. The molecule has 0 saturated heterocycles. The fourth-order valence-electron chi connectivity index (χ4n) is 14.4. The van der Waals surface area contributed by atoms with Crippen LogP contribution in [0.2, 0.25) is 0 Å². The Morgan fingerprint density at radius 2 is 0.533 bits per heavy atom. The molecule has 0 fully saturated rings. The van der Waals surface area contributed by atoms with Gasteiger partial charge in [-0.05, 0) is 211 Å². The molecule has 2 heteroatoms. The fraction of sp³-hybridized carbons (Fsp3) is 0.136. The molecule has 14 aromatic carbocycles. The van der Waals surface area contributed by atoms with Crippen molar-refractivity contribution in [2.75, 3.05) is 9.80 Å². The summed E-state index contributed by atoms with van der Waals surface area (Å²) in [7, 11) is 0. The van der Waals surface area contributed by atoms with Crippen LogP contribution in [0, 0.1) is 41.5 Å². The number of rotatable bonds is 14. The van der Waals surface area contributed by atoms with Gasteiger partial charge in [-0.1, -0.05) is 258 Å². The van der Waals surface area contributed by atoms with Crippen molar-refractivity contribution in [1.82, 2.24) is 0 Å². The van der Waals surface area contributed by atoms with Crippen LogP contribution in [0.15, 0.2) is 267 Å². The van der Waals surface area contributed by atoms with Crippen LogP contribution in [0.4, 0.5) is 34.1 Å². The topological polar surface area (TPSA) is 6.48 Å². The quantitative estimate of drug-likeness (QED) is 0.100. The van der Waals surface area contributed by atoms with Crippen molar-refractivity contribution in [3.8, 4) is 66.8 Å². The van der Waals surface area contributed by atoms with E-state index in [0.717, 1.165) is 67.5 Å². The highest BCUT2D eigenvalue weighted by atomic mass is 15.2. The molecule has 0 unspecified atom stereocenters. The number of anilines is 6. The molecule has 0 N–H and O–H groups in total. The van der Waals surface area contributed by atoms with Gasteiger partial charge in [0.05, 0.1) is 22.7 Å². The number of aryl methyl sites for hydroxylation is 6. The number of benzene rings is 14. The normalized spacial score (nSPS) is 11.6. The Labute approximate surface area is 532 Å². The molecule has 0 aliphatic heterocycles. The van der Waals surface area contributed by atoms with Gasteiger partial charge in [0, 0.05) is 33.3 Å². The highest BCUT2D eigenvalue weighted by molar-refractivity contribution is 6.30. The minimum absolute atomic E-state index is 0.187. The monoisotopic (exact) mass is 1160 g/mol. The third-order valence-electron chi connectivity index (χ3n) is 18.9. The maximum atomic E-state index is 2.64. The summed E-state index contributed by atoms with van der Waals surface area (Å²) in [5.74, 6) is 0.373. The largest absolute Gasteiger partial charge is 0.309 e. The molecule has 0 aromatic heterocycles. The lowest BCUT2D eigenvalue weighted by molar-refractivity contribution is 0.875. The Morgan fingerprint density at radius 1 is 0.222 bits per heavy atom. The molecule has 90 heavy (non-hydrogen) atoms. The average Bonchev–Trinajstić information content (AvgIpc) is 0.710. The number of nitrogens with zero attached hydrogens (tertiary/aromatic N) is 2. The predicted molar refractivity (Wildman–Crippen MR) is 389 cm³/mol. The first-order chi connectivity index (χ1) is 43.8. The molecule has 0 spiro atoms. The van der Waals surface area contributed by atoms with Crippen LogP contribution in [0.25, 0.3) is 99.1 Å². The van der Waals surface area contributed by atoms with E-state index in [-0.39, 0.29) is 11.8 Å². The van der Waals surface area contributed by atoms with Gasteiger partial charge in [-0.2, -0.15) is 0 Å². The summed E-state index contributed by atoms with van der Waals surface area (Å²) in [4.78, 5) is 5.28. The second-order valence-corrected chi connectivity index (χ2v) is 25.5. The van der Waals surface area contributed by atoms with Gasteiger partial charge in [-0.25, -0.2) is 0 Å². The summed E-state index contributed by atoms with van der Waals surface area (Å²) in [5, 5.41) is 7.54. The zero-order valence-electron chi connectivity index (χ0n) is 53.5. The molecule has 0 saturated carbocycles. The molecule has 0 atom stereocenters. The van der Waals surface area contributed by atoms with Crippen molar-refractivity contribution in [3.05, 3.63) is 311 Å². The van der Waals surface area contributed by atoms with Crippen LogP contribution in [0.5, 0.6) is 0 Å². The summed E-state index contributed by atoms with van der Waals surface area (Å²) < 4.78 is 0. The summed E-state index contributed by atoms with van der Waals surface area (Å²) in [5.41, 5.74) is 31.2. The predicted octanol–water partition coefficient (Wildman–Crippen LogP) is 25.6. The lowest BCUT2D eigenvalue weighted by Gasteiger charge is -2.34. The van der Waals surface area contributed by atoms with Crippen molar-refractivity contribution in [3.63, 3.8) is 0 Å². The second-order valence-electron chi connectivity index (χ2n) is 25.5. The zero-order valence-corrected chi connectivity index (χ0v) is 53.5. The van der Waals surface area contributed by atoms with Crippen LogP contribution in [-0.4, -0.2) is 0 Å². The Kier molecular flexibility index (Phi) is 15.1. The number of hydrogen-bond donors (Lipinski definition) is 0. The molecule has 2 nitrogen and oxygen atoms in total. The third kappa shape index (κ3) is 10.2. The molecule has 0 aliphatic rings. The third-order valence-corrected chi connectivity index (χ3v) is 18.9. The molecule has 438 valence electrons. The zero-order chi connectivity index (χ0) is 61.9. The van der Waals surface area contributed by atoms with Crippen molar-refractivity contribution < 1.29 is 0 Å². The van der Waals surface area contributed by atoms with Crippen LogP contribution in [0.1, 0.15) is 84.0 Å². The number of hydrogen-bond acceptors (Lipinski definition) is 2. The van der Waals surface area contributed by atoms with Crippen molar-refractivity contribution in [1.29, 1.82) is 0 Å². The van der Waals surface area contributed by atoms with Gasteiger partial charge in [-0.3, -0.25) is 0 Å². The molecule has 0 heterocycles. The summed E-state index contributed by atoms with van der Waals surface area (Å²) in [6.07, 6.45) is 0. The summed E-state index contributed by atoms with van der Waals surface area (Å²) in [6, 6.07) is 101. The Morgan fingerprint density at radius 3 is 0.878 bits per heavy atom. The van der Waals surface area contributed by atoms with E-state index in [0.29, 0.717) is 0 Å². The van der Waals surface area contributed by atoms with E-state index >= 15 is 0 Å². The fourth-order valence-corrected chi connectivity index (χ4v) is 14.4. The van der Waals surface area contributed by atoms with Gasteiger partial charge in [0.1, 0.15) is 0 Å². The van der Waals surface area contributed by atoms with Crippen molar-refractivity contribution in [2.24, 2.45) is 0 Å². The Hall–Kier alpha value is -10.3. The van der Waals surface area contributed by atoms with E-state index in [1.807, 2.05) is 0 Å². The average molecular weight is 1160 g/mol. The van der Waals surface area contributed by atoms with Gasteiger partial charge in [0.15, 0.2) is 0 Å². The van der Waals surface area contributed by atoms with E-state index < -0.39 is 0 Å². The SMILES string of the molecule is Cc1ccc(-c2c(C)cccc2C)cc1N(c1cc(-c2ccccc2)ccc1-c1ccccc1)c1cc(C(C)C)c2ccc3c(N(c4cc(-c5c(C)cccc5C)ccc4C)c4cc(-c5ccccc5)ccc4-c4ccccc4)cc(C(C)C)c4ccc1c2c43. The van der Waals surface area contributed by atoms with Gasteiger partial charge in [0.2, 0.25) is 0 Å². The highest BCUT2D eigenvalue weighted by Crippen LogP contribution is 2.55. The van der Waals surface area contributed by atoms with Crippen LogP contribution >= 0.6 is 0 Å². The van der Waals surface area contributed by atoms with Crippen LogP contribution < -0.4 is 9.80 Å². The van der Waals surface area contributed by atoms with Gasteiger partial charge in [0.25, 0.3) is 0 Å². The van der Waals surface area contributed by atoms with E-state index in [9.17, 15) is 0 Å². The highest BCUT2D eigenvalue weighted by Gasteiger charge is 2.30. The van der Waals surface area contributed by atoms with Gasteiger partial charge < -0.3 is 9.80 Å². The maximum absolute atomic E-state index is 2.64. The first kappa shape index (κ1) is 57.5. The second kappa shape index (κ2) is 23.7. The maximum Gasteiger partial charge on any atom is 0.0546 e. The van der Waals surface area contributed by atoms with Gasteiger partial charge >= 0.3 is 0 Å². The van der Waals surface area contributed by atoms with E-state index in [1.54, 1.807) is 0 Å². The molecule has 14 aromatic rings. The van der Waals surface area contributed by atoms with E-state index in [1.165, 1.54) is 110 Å². The van der Waals surface area contributed by atoms with Crippen molar-refractivity contribution in [2.45, 2.75) is 81.1 Å². The first-order valence-corrected chi connectivity index (χ1v) is 32.0. The molecule has 0 aliphatic carbocycles. The van der Waals surface area contributed by atoms with Crippen LogP contribution in [0.3, 0.4) is 0 Å². The Bertz CT molecular complexity index is 4640. The molecule has 0 bridgehead atoms. The first-order valence-electron chi connectivity index (χ1n) is 32.0. The van der Waals surface area contributed by atoms with E-state index in [4.69, 9.17) is 0 Å². The minimum Gasteiger partial charge on any atom is -0.309 e. The van der Waals surface area contributed by atoms with Crippen LogP contribution in [-0.2, 0) is 0 Å². The molecular formula is C88H76N2. The summed E-state index contributed by atoms with van der Waals surface area (Å²) >= 11 is 0. The molecule has 0 radical (unpaired) electrons. The van der Waals surface area contributed by atoms with Gasteiger partial charge in [-0.15, -0.1) is 0 Å². The molecule has 14 rings (SSSR count).